The van der Waals surface area contributed by atoms with E-state index in [1.807, 2.05) is 6.07 Å². The standard InChI is InChI=1S/C14H21N3O2/c1-10-13(7-15-16-10)9-17(2)8-11-4-3-5-12(6-11)14(18)19/h3-6,10,13,15-16H,7-9H2,1-2H3,(H,18,19). The summed E-state index contributed by atoms with van der Waals surface area (Å²) >= 11 is 0. The minimum atomic E-state index is -0.873. The van der Waals surface area contributed by atoms with Crippen molar-refractivity contribution in [3.63, 3.8) is 0 Å². The van der Waals surface area contributed by atoms with Crippen LogP contribution in [0.25, 0.3) is 0 Å². The predicted octanol–water partition coefficient (Wildman–Crippen LogP) is 0.929. The van der Waals surface area contributed by atoms with E-state index in [4.69, 9.17) is 5.11 Å². The second kappa shape index (κ2) is 6.14. The van der Waals surface area contributed by atoms with Gasteiger partial charge in [0.25, 0.3) is 0 Å². The van der Waals surface area contributed by atoms with E-state index < -0.39 is 5.97 Å². The number of aromatic carboxylic acids is 1. The molecule has 1 fully saturated rings. The molecule has 2 unspecified atom stereocenters. The molecule has 0 bridgehead atoms. The van der Waals surface area contributed by atoms with Crippen molar-refractivity contribution in [2.45, 2.75) is 19.5 Å². The Morgan fingerprint density at radius 2 is 2.32 bits per heavy atom. The molecule has 104 valence electrons. The number of hydrogen-bond donors (Lipinski definition) is 3. The van der Waals surface area contributed by atoms with Gasteiger partial charge in [0.2, 0.25) is 0 Å². The molecule has 0 saturated carbocycles. The third kappa shape index (κ3) is 3.76. The van der Waals surface area contributed by atoms with Gasteiger partial charge < -0.3 is 10.0 Å². The van der Waals surface area contributed by atoms with Gasteiger partial charge >= 0.3 is 5.97 Å². The first-order valence-electron chi connectivity index (χ1n) is 6.55. The molecule has 5 heteroatoms. The summed E-state index contributed by atoms with van der Waals surface area (Å²) in [6.45, 7) is 4.90. The molecule has 0 amide bonds. The highest BCUT2D eigenvalue weighted by Crippen LogP contribution is 2.12. The van der Waals surface area contributed by atoms with E-state index in [0.29, 0.717) is 17.5 Å². The summed E-state index contributed by atoms with van der Waals surface area (Å²) in [5.74, 6) is -0.296. The number of hydrogen-bond acceptors (Lipinski definition) is 4. The zero-order chi connectivity index (χ0) is 13.8. The van der Waals surface area contributed by atoms with Gasteiger partial charge in [-0.3, -0.25) is 10.9 Å². The molecular weight excluding hydrogens is 242 g/mol. The molecule has 1 saturated heterocycles. The van der Waals surface area contributed by atoms with Crippen LogP contribution in [0.3, 0.4) is 0 Å². The number of carboxylic acids is 1. The van der Waals surface area contributed by atoms with Crippen LogP contribution in [0.2, 0.25) is 0 Å². The molecule has 19 heavy (non-hydrogen) atoms. The van der Waals surface area contributed by atoms with Gasteiger partial charge in [0.15, 0.2) is 0 Å². The van der Waals surface area contributed by atoms with Crippen LogP contribution in [0.4, 0.5) is 0 Å². The second-order valence-electron chi connectivity index (χ2n) is 5.28. The van der Waals surface area contributed by atoms with Gasteiger partial charge in [0.05, 0.1) is 5.56 Å². The molecule has 1 aromatic carbocycles. The number of benzene rings is 1. The second-order valence-corrected chi connectivity index (χ2v) is 5.28. The average Bonchev–Trinajstić information content (AvgIpc) is 2.75. The molecule has 3 N–H and O–H groups in total. The first-order valence-corrected chi connectivity index (χ1v) is 6.55. The number of rotatable bonds is 5. The fourth-order valence-corrected chi connectivity index (χ4v) is 2.45. The molecular formula is C14H21N3O2. The van der Waals surface area contributed by atoms with Gasteiger partial charge in [-0.25, -0.2) is 4.79 Å². The Hall–Kier alpha value is -1.43. The maximum absolute atomic E-state index is 10.9. The van der Waals surface area contributed by atoms with Crippen LogP contribution in [-0.2, 0) is 6.54 Å². The first kappa shape index (κ1) is 14.0. The van der Waals surface area contributed by atoms with Crippen molar-refractivity contribution >= 4 is 5.97 Å². The fraction of sp³-hybridized carbons (Fsp3) is 0.500. The zero-order valence-electron chi connectivity index (χ0n) is 11.4. The fourth-order valence-electron chi connectivity index (χ4n) is 2.45. The zero-order valence-corrected chi connectivity index (χ0v) is 11.4. The van der Waals surface area contributed by atoms with Gasteiger partial charge in [-0.2, -0.15) is 0 Å². The molecule has 0 aliphatic carbocycles. The van der Waals surface area contributed by atoms with E-state index in [2.05, 4.69) is 29.7 Å². The van der Waals surface area contributed by atoms with E-state index in [-0.39, 0.29) is 0 Å². The minimum Gasteiger partial charge on any atom is -0.478 e. The quantitative estimate of drug-likeness (QED) is 0.737. The summed E-state index contributed by atoms with van der Waals surface area (Å²) < 4.78 is 0. The lowest BCUT2D eigenvalue weighted by Crippen LogP contribution is -2.33. The summed E-state index contributed by atoms with van der Waals surface area (Å²) in [4.78, 5) is 13.2. The van der Waals surface area contributed by atoms with Crippen LogP contribution in [0.5, 0.6) is 0 Å². The molecule has 2 rings (SSSR count). The Morgan fingerprint density at radius 3 is 2.95 bits per heavy atom. The number of carbonyl (C=O) groups is 1. The Morgan fingerprint density at radius 1 is 1.53 bits per heavy atom. The molecule has 1 aliphatic heterocycles. The SMILES string of the molecule is CC1NNCC1CN(C)Cc1cccc(C(=O)O)c1. The van der Waals surface area contributed by atoms with Crippen LogP contribution in [0.15, 0.2) is 24.3 Å². The molecule has 1 heterocycles. The summed E-state index contributed by atoms with van der Waals surface area (Å²) in [7, 11) is 2.07. The van der Waals surface area contributed by atoms with Crippen LogP contribution in [0, 0.1) is 5.92 Å². The number of hydrazine groups is 1. The van der Waals surface area contributed by atoms with Gasteiger partial charge in [-0.05, 0) is 31.7 Å². The number of nitrogens with zero attached hydrogens (tertiary/aromatic N) is 1. The van der Waals surface area contributed by atoms with Crippen LogP contribution < -0.4 is 10.9 Å². The van der Waals surface area contributed by atoms with Crippen LogP contribution >= 0.6 is 0 Å². The topological polar surface area (TPSA) is 64.6 Å². The normalized spacial score (nSPS) is 22.9. The molecule has 0 aromatic heterocycles. The van der Waals surface area contributed by atoms with E-state index in [9.17, 15) is 4.79 Å². The van der Waals surface area contributed by atoms with Crippen molar-refractivity contribution in [1.82, 2.24) is 15.8 Å². The molecule has 5 nitrogen and oxygen atoms in total. The summed E-state index contributed by atoms with van der Waals surface area (Å²) in [5, 5.41) is 8.98. The molecule has 1 aliphatic rings. The van der Waals surface area contributed by atoms with Gasteiger partial charge in [0.1, 0.15) is 0 Å². The van der Waals surface area contributed by atoms with Crippen molar-refractivity contribution < 1.29 is 9.90 Å². The molecule has 0 spiro atoms. The highest BCUT2D eigenvalue weighted by molar-refractivity contribution is 5.87. The molecule has 1 aromatic rings. The summed E-state index contributed by atoms with van der Waals surface area (Å²) in [6.07, 6.45) is 0. The van der Waals surface area contributed by atoms with Crippen molar-refractivity contribution in [3.05, 3.63) is 35.4 Å². The Kier molecular flexibility index (Phi) is 4.52. The van der Waals surface area contributed by atoms with E-state index >= 15 is 0 Å². The Balaban J connectivity index is 1.93. The lowest BCUT2D eigenvalue weighted by Gasteiger charge is -2.22. The molecule has 0 radical (unpaired) electrons. The van der Waals surface area contributed by atoms with Crippen LogP contribution in [-0.4, -0.2) is 42.2 Å². The monoisotopic (exact) mass is 263 g/mol. The average molecular weight is 263 g/mol. The van der Waals surface area contributed by atoms with Crippen molar-refractivity contribution in [3.8, 4) is 0 Å². The third-order valence-corrected chi connectivity index (χ3v) is 3.57. The maximum atomic E-state index is 10.9. The van der Waals surface area contributed by atoms with Crippen molar-refractivity contribution in [2.75, 3.05) is 20.1 Å². The largest absolute Gasteiger partial charge is 0.478 e. The first-order chi connectivity index (χ1) is 9.06. The molecule has 2 atom stereocenters. The Bertz CT molecular complexity index is 450. The highest BCUT2D eigenvalue weighted by atomic mass is 16.4. The lowest BCUT2D eigenvalue weighted by molar-refractivity contribution is 0.0696. The summed E-state index contributed by atoms with van der Waals surface area (Å²) in [6, 6.07) is 7.60. The van der Waals surface area contributed by atoms with Crippen LogP contribution in [0.1, 0.15) is 22.8 Å². The minimum absolute atomic E-state index is 0.350. The van der Waals surface area contributed by atoms with Gasteiger partial charge in [-0.15, -0.1) is 0 Å². The smallest absolute Gasteiger partial charge is 0.335 e. The maximum Gasteiger partial charge on any atom is 0.335 e. The van der Waals surface area contributed by atoms with E-state index in [1.54, 1.807) is 18.2 Å². The van der Waals surface area contributed by atoms with E-state index in [1.165, 1.54) is 0 Å². The van der Waals surface area contributed by atoms with Crippen molar-refractivity contribution in [2.24, 2.45) is 5.92 Å². The lowest BCUT2D eigenvalue weighted by atomic mass is 10.0. The number of nitrogens with one attached hydrogen (secondary N) is 2. The van der Waals surface area contributed by atoms with Gasteiger partial charge in [-0.1, -0.05) is 12.1 Å². The Labute approximate surface area is 113 Å². The van der Waals surface area contributed by atoms with E-state index in [0.717, 1.165) is 25.2 Å². The van der Waals surface area contributed by atoms with Gasteiger partial charge in [0, 0.05) is 31.6 Å². The third-order valence-electron chi connectivity index (χ3n) is 3.57. The predicted molar refractivity (Wildman–Crippen MR) is 73.8 cm³/mol. The van der Waals surface area contributed by atoms with Crippen molar-refractivity contribution in [1.29, 1.82) is 0 Å². The summed E-state index contributed by atoms with van der Waals surface area (Å²) in [5.41, 5.74) is 7.76. The number of carboxylic acid groups (broad SMARTS) is 1. The highest BCUT2D eigenvalue weighted by Gasteiger charge is 2.23.